The number of carbonyl (C=O) groups is 2. The van der Waals surface area contributed by atoms with Gasteiger partial charge in [0.25, 0.3) is 0 Å². The molecule has 1 aromatic carbocycles. The number of nitrogens with one attached hydrogen (secondary N) is 1. The number of nitrogens with zero attached hydrogens (tertiary/aromatic N) is 1. The molecule has 2 atom stereocenters. The average molecular weight is 313 g/mol. The maximum atomic E-state index is 12.0. The van der Waals surface area contributed by atoms with E-state index >= 15 is 0 Å². The van der Waals surface area contributed by atoms with Gasteiger partial charge < -0.3 is 15.3 Å². The molecule has 1 aromatic rings. The molecule has 0 saturated carbocycles. The molecule has 5 nitrogen and oxygen atoms in total. The van der Waals surface area contributed by atoms with Crippen molar-refractivity contribution in [1.82, 2.24) is 10.2 Å². The Morgan fingerprint density at radius 3 is 2.38 bits per heavy atom. The van der Waals surface area contributed by atoms with Gasteiger partial charge in [-0.25, -0.2) is 4.79 Å². The minimum absolute atomic E-state index is 0.0315. The number of amides is 2. The van der Waals surface area contributed by atoms with Gasteiger partial charge in [0, 0.05) is 30.6 Å². The van der Waals surface area contributed by atoms with Gasteiger partial charge in [-0.1, -0.05) is 30.7 Å². The largest absolute Gasteiger partial charge is 0.481 e. The minimum Gasteiger partial charge on any atom is -0.481 e. The van der Waals surface area contributed by atoms with Gasteiger partial charge in [-0.3, -0.25) is 4.79 Å². The van der Waals surface area contributed by atoms with Gasteiger partial charge >= 0.3 is 12.0 Å². The van der Waals surface area contributed by atoms with Crippen LogP contribution in [0.25, 0.3) is 0 Å². The Labute approximate surface area is 129 Å². The SMILES string of the molecule is CC(c1ccc(Cl)cc1)C(C)N(C)C(=O)NCCC(=O)O. The molecular weight excluding hydrogens is 292 g/mol. The highest BCUT2D eigenvalue weighted by Crippen LogP contribution is 2.23. The van der Waals surface area contributed by atoms with E-state index in [9.17, 15) is 9.59 Å². The summed E-state index contributed by atoms with van der Waals surface area (Å²) in [4.78, 5) is 24.0. The second kappa shape index (κ2) is 7.88. The van der Waals surface area contributed by atoms with E-state index in [2.05, 4.69) is 5.32 Å². The van der Waals surface area contributed by atoms with E-state index in [1.54, 1.807) is 11.9 Å². The number of aliphatic carboxylic acids is 1. The molecule has 0 heterocycles. The number of halogens is 1. The monoisotopic (exact) mass is 312 g/mol. The fraction of sp³-hybridized carbons (Fsp3) is 0.467. The first-order valence-electron chi connectivity index (χ1n) is 6.81. The third-order valence-corrected chi connectivity index (χ3v) is 3.92. The molecule has 2 amide bonds. The van der Waals surface area contributed by atoms with Crippen molar-refractivity contribution >= 4 is 23.6 Å². The van der Waals surface area contributed by atoms with E-state index in [1.807, 2.05) is 38.1 Å². The molecule has 0 bridgehead atoms. The van der Waals surface area contributed by atoms with Crippen LogP contribution in [0.5, 0.6) is 0 Å². The highest BCUT2D eigenvalue weighted by atomic mass is 35.5. The molecule has 0 aliphatic rings. The van der Waals surface area contributed by atoms with Crippen molar-refractivity contribution in [2.24, 2.45) is 0 Å². The Hall–Kier alpha value is -1.75. The van der Waals surface area contributed by atoms with Crippen molar-refractivity contribution in [3.05, 3.63) is 34.9 Å². The maximum absolute atomic E-state index is 12.0. The normalized spacial score (nSPS) is 13.3. The predicted molar refractivity (Wildman–Crippen MR) is 82.7 cm³/mol. The lowest BCUT2D eigenvalue weighted by Gasteiger charge is -2.30. The molecular formula is C15H21ClN2O3. The summed E-state index contributed by atoms with van der Waals surface area (Å²) < 4.78 is 0. The molecule has 21 heavy (non-hydrogen) atoms. The Morgan fingerprint density at radius 1 is 1.29 bits per heavy atom. The lowest BCUT2D eigenvalue weighted by molar-refractivity contribution is -0.136. The van der Waals surface area contributed by atoms with Crippen LogP contribution in [0, 0.1) is 0 Å². The van der Waals surface area contributed by atoms with Gasteiger partial charge in [0.15, 0.2) is 0 Å². The van der Waals surface area contributed by atoms with Crippen molar-refractivity contribution in [3.63, 3.8) is 0 Å². The lowest BCUT2D eigenvalue weighted by Crippen LogP contribution is -2.44. The van der Waals surface area contributed by atoms with E-state index in [-0.39, 0.29) is 31.0 Å². The Bertz CT molecular complexity index is 490. The molecule has 1 rings (SSSR count). The van der Waals surface area contributed by atoms with Crippen LogP contribution in [0.1, 0.15) is 31.7 Å². The van der Waals surface area contributed by atoms with Crippen LogP contribution in [0.4, 0.5) is 4.79 Å². The molecule has 2 N–H and O–H groups in total. The predicted octanol–water partition coefficient (Wildman–Crippen LogP) is 2.95. The minimum atomic E-state index is -0.930. The molecule has 2 unspecified atom stereocenters. The lowest BCUT2D eigenvalue weighted by atomic mass is 9.94. The fourth-order valence-corrected chi connectivity index (χ4v) is 2.09. The van der Waals surface area contributed by atoms with Gasteiger partial charge in [0.2, 0.25) is 0 Å². The van der Waals surface area contributed by atoms with Crippen LogP contribution in [0.3, 0.4) is 0 Å². The van der Waals surface area contributed by atoms with Gasteiger partial charge in [0.05, 0.1) is 6.42 Å². The first-order valence-corrected chi connectivity index (χ1v) is 7.18. The third-order valence-electron chi connectivity index (χ3n) is 3.67. The maximum Gasteiger partial charge on any atom is 0.317 e. The number of hydrogen-bond acceptors (Lipinski definition) is 2. The molecule has 0 radical (unpaired) electrons. The van der Waals surface area contributed by atoms with E-state index in [4.69, 9.17) is 16.7 Å². The highest BCUT2D eigenvalue weighted by Gasteiger charge is 2.22. The van der Waals surface area contributed by atoms with Crippen LogP contribution in [-0.2, 0) is 4.79 Å². The van der Waals surface area contributed by atoms with Crippen molar-refractivity contribution in [2.45, 2.75) is 32.2 Å². The number of rotatable bonds is 6. The zero-order valence-corrected chi connectivity index (χ0v) is 13.2. The second-order valence-electron chi connectivity index (χ2n) is 5.07. The molecule has 0 spiro atoms. The molecule has 0 aliphatic carbocycles. The summed E-state index contributed by atoms with van der Waals surface area (Å²) in [5.74, 6) is -0.793. The van der Waals surface area contributed by atoms with E-state index < -0.39 is 5.97 Å². The number of benzene rings is 1. The highest BCUT2D eigenvalue weighted by molar-refractivity contribution is 6.30. The van der Waals surface area contributed by atoms with Crippen molar-refractivity contribution in [3.8, 4) is 0 Å². The number of carboxylic acids is 1. The number of carboxylic acid groups (broad SMARTS) is 1. The molecule has 0 aliphatic heterocycles. The van der Waals surface area contributed by atoms with Crippen molar-refractivity contribution < 1.29 is 14.7 Å². The zero-order chi connectivity index (χ0) is 16.0. The summed E-state index contributed by atoms with van der Waals surface area (Å²) in [6.45, 7) is 4.12. The van der Waals surface area contributed by atoms with Crippen LogP contribution in [-0.4, -0.2) is 41.6 Å². The van der Waals surface area contributed by atoms with Gasteiger partial charge in [-0.05, 0) is 24.6 Å². The van der Waals surface area contributed by atoms with Crippen molar-refractivity contribution in [1.29, 1.82) is 0 Å². The summed E-state index contributed by atoms with van der Waals surface area (Å²) >= 11 is 5.87. The summed E-state index contributed by atoms with van der Waals surface area (Å²) in [6.07, 6.45) is -0.0826. The van der Waals surface area contributed by atoms with Crippen LogP contribution in [0.2, 0.25) is 5.02 Å². The zero-order valence-electron chi connectivity index (χ0n) is 12.5. The first-order chi connectivity index (χ1) is 9.82. The van der Waals surface area contributed by atoms with Crippen LogP contribution < -0.4 is 5.32 Å². The smallest absolute Gasteiger partial charge is 0.317 e. The third kappa shape index (κ3) is 5.27. The number of urea groups is 1. The van der Waals surface area contributed by atoms with E-state index in [0.717, 1.165) is 5.56 Å². The molecule has 0 saturated heterocycles. The standard InChI is InChI=1S/C15H21ClN2O3/c1-10(12-4-6-13(16)7-5-12)11(2)18(3)15(21)17-9-8-14(19)20/h4-7,10-11H,8-9H2,1-3H3,(H,17,21)(H,19,20). The van der Waals surface area contributed by atoms with Crippen molar-refractivity contribution in [2.75, 3.05) is 13.6 Å². The van der Waals surface area contributed by atoms with Crippen LogP contribution >= 0.6 is 11.6 Å². The fourth-order valence-electron chi connectivity index (χ4n) is 1.97. The summed E-state index contributed by atoms with van der Waals surface area (Å²) in [5.41, 5.74) is 1.09. The molecule has 6 heteroatoms. The Morgan fingerprint density at radius 2 is 1.86 bits per heavy atom. The molecule has 0 aromatic heterocycles. The number of carbonyl (C=O) groups excluding carboxylic acids is 1. The quantitative estimate of drug-likeness (QED) is 0.848. The average Bonchev–Trinajstić information content (AvgIpc) is 2.45. The Kier molecular flexibility index (Phi) is 6.49. The molecule has 116 valence electrons. The van der Waals surface area contributed by atoms with E-state index in [1.165, 1.54) is 0 Å². The first kappa shape index (κ1) is 17.3. The number of likely N-dealkylation sites (N-methyl/N-ethyl adjacent to an activating group) is 1. The number of hydrogen-bond donors (Lipinski definition) is 2. The van der Waals surface area contributed by atoms with Gasteiger partial charge in [0.1, 0.15) is 0 Å². The van der Waals surface area contributed by atoms with Gasteiger partial charge in [-0.15, -0.1) is 0 Å². The summed E-state index contributed by atoms with van der Waals surface area (Å²) in [5, 5.41) is 11.8. The van der Waals surface area contributed by atoms with E-state index in [0.29, 0.717) is 5.02 Å². The summed E-state index contributed by atoms with van der Waals surface area (Å²) in [7, 11) is 1.70. The molecule has 0 fully saturated rings. The van der Waals surface area contributed by atoms with Crippen LogP contribution in [0.15, 0.2) is 24.3 Å². The second-order valence-corrected chi connectivity index (χ2v) is 5.50. The van der Waals surface area contributed by atoms with Gasteiger partial charge in [-0.2, -0.15) is 0 Å². The topological polar surface area (TPSA) is 69.6 Å². The Balaban J connectivity index is 2.59. The summed E-state index contributed by atoms with van der Waals surface area (Å²) in [6, 6.07) is 7.24.